The van der Waals surface area contributed by atoms with Crippen molar-refractivity contribution in [3.63, 3.8) is 0 Å². The van der Waals surface area contributed by atoms with Gasteiger partial charge in [0.15, 0.2) is 0 Å². The summed E-state index contributed by atoms with van der Waals surface area (Å²) >= 11 is 0. The standard InChI is InChI=1S/C26H24N6O/c27-15-20-5-7-21(8-6-20)17-32-19-28-16-23(32)18-30-11-13-31(14-12-30)26(33)25-24-4-2-1-3-22(24)9-10-29-25/h1-10,16,19H,11-14,17-18H2. The summed E-state index contributed by atoms with van der Waals surface area (Å²) in [5, 5.41) is 10.9. The number of nitriles is 1. The summed E-state index contributed by atoms with van der Waals surface area (Å²) in [7, 11) is 0. The number of carbonyl (C=O) groups excluding carboxylic acids is 1. The Balaban J connectivity index is 1.21. The van der Waals surface area contributed by atoms with Crippen molar-refractivity contribution in [2.45, 2.75) is 13.1 Å². The van der Waals surface area contributed by atoms with Crippen molar-refractivity contribution in [3.05, 3.63) is 95.8 Å². The van der Waals surface area contributed by atoms with Crippen molar-refractivity contribution >= 4 is 16.7 Å². The smallest absolute Gasteiger partial charge is 0.273 e. The van der Waals surface area contributed by atoms with Gasteiger partial charge in [0.1, 0.15) is 5.69 Å². The summed E-state index contributed by atoms with van der Waals surface area (Å²) in [6, 6.07) is 19.6. The number of imidazole rings is 1. The molecule has 0 unspecified atom stereocenters. The molecule has 0 spiro atoms. The SMILES string of the molecule is N#Cc1ccc(Cn2cncc2CN2CCN(C(=O)c3nccc4ccccc34)CC2)cc1. The molecule has 1 saturated heterocycles. The number of aromatic nitrogens is 3. The van der Waals surface area contributed by atoms with E-state index in [2.05, 4.69) is 25.5 Å². The molecule has 2 aromatic carbocycles. The molecule has 0 aliphatic carbocycles. The van der Waals surface area contributed by atoms with E-state index < -0.39 is 0 Å². The Hall–Kier alpha value is -4.02. The fourth-order valence-corrected chi connectivity index (χ4v) is 4.28. The first-order valence-electron chi connectivity index (χ1n) is 11.0. The zero-order valence-electron chi connectivity index (χ0n) is 18.3. The van der Waals surface area contributed by atoms with Gasteiger partial charge in [-0.2, -0.15) is 5.26 Å². The lowest BCUT2D eigenvalue weighted by Crippen LogP contribution is -2.48. The van der Waals surface area contributed by atoms with E-state index in [1.807, 2.05) is 72.0 Å². The van der Waals surface area contributed by atoms with Crippen molar-refractivity contribution in [1.82, 2.24) is 24.3 Å². The molecule has 7 heteroatoms. The minimum Gasteiger partial charge on any atom is -0.335 e. The summed E-state index contributed by atoms with van der Waals surface area (Å²) in [5.74, 6) is -0.00249. The second-order valence-corrected chi connectivity index (χ2v) is 8.27. The van der Waals surface area contributed by atoms with Crippen LogP contribution in [0, 0.1) is 11.3 Å². The quantitative estimate of drug-likeness (QED) is 0.480. The Bertz CT molecular complexity index is 1310. The summed E-state index contributed by atoms with van der Waals surface area (Å²) in [6.45, 7) is 4.45. The molecule has 3 heterocycles. The zero-order valence-corrected chi connectivity index (χ0v) is 18.3. The van der Waals surface area contributed by atoms with Crippen LogP contribution < -0.4 is 0 Å². The van der Waals surface area contributed by atoms with Crippen molar-refractivity contribution < 1.29 is 4.79 Å². The number of carbonyl (C=O) groups is 1. The van der Waals surface area contributed by atoms with Gasteiger partial charge in [0.05, 0.1) is 23.7 Å². The van der Waals surface area contributed by atoms with Crippen LogP contribution in [0.3, 0.4) is 0 Å². The van der Waals surface area contributed by atoms with E-state index in [1.165, 1.54) is 0 Å². The lowest BCUT2D eigenvalue weighted by Gasteiger charge is -2.34. The topological polar surface area (TPSA) is 78.0 Å². The third kappa shape index (κ3) is 4.47. The molecule has 7 nitrogen and oxygen atoms in total. The van der Waals surface area contributed by atoms with Crippen molar-refractivity contribution in [3.8, 4) is 6.07 Å². The van der Waals surface area contributed by atoms with Crippen molar-refractivity contribution in [2.24, 2.45) is 0 Å². The molecule has 1 aliphatic heterocycles. The van der Waals surface area contributed by atoms with Gasteiger partial charge in [0.2, 0.25) is 0 Å². The third-order valence-electron chi connectivity index (χ3n) is 6.16. The van der Waals surface area contributed by atoms with Gasteiger partial charge in [-0.05, 0) is 29.1 Å². The molecule has 164 valence electrons. The van der Waals surface area contributed by atoms with Crippen LogP contribution in [0.15, 0.2) is 73.3 Å². The van der Waals surface area contributed by atoms with E-state index in [-0.39, 0.29) is 5.91 Å². The molecule has 0 N–H and O–H groups in total. The molecule has 0 saturated carbocycles. The summed E-state index contributed by atoms with van der Waals surface area (Å²) in [4.78, 5) is 26.1. The Kier molecular flexibility index (Phi) is 5.83. The number of amides is 1. The average Bonchev–Trinajstić information content (AvgIpc) is 3.30. The first kappa shape index (κ1) is 20.9. The number of fused-ring (bicyclic) bond motifs is 1. The molecular weight excluding hydrogens is 412 g/mol. The predicted molar refractivity (Wildman–Crippen MR) is 125 cm³/mol. The number of nitrogens with zero attached hydrogens (tertiary/aromatic N) is 6. The van der Waals surface area contributed by atoms with Crippen LogP contribution in [0.4, 0.5) is 0 Å². The summed E-state index contributed by atoms with van der Waals surface area (Å²) < 4.78 is 2.14. The number of hydrogen-bond donors (Lipinski definition) is 0. The highest BCUT2D eigenvalue weighted by atomic mass is 16.2. The normalized spacial score (nSPS) is 14.3. The first-order valence-corrected chi connectivity index (χ1v) is 11.0. The first-order chi connectivity index (χ1) is 16.2. The lowest BCUT2D eigenvalue weighted by atomic mass is 10.1. The van der Waals surface area contributed by atoms with Gasteiger partial charge in [-0.3, -0.25) is 14.7 Å². The fourth-order valence-electron chi connectivity index (χ4n) is 4.28. The maximum Gasteiger partial charge on any atom is 0.273 e. The minimum absolute atomic E-state index is 0.00249. The van der Waals surface area contributed by atoms with E-state index in [0.717, 1.165) is 41.7 Å². The van der Waals surface area contributed by atoms with Gasteiger partial charge in [0.25, 0.3) is 5.91 Å². The van der Waals surface area contributed by atoms with Gasteiger partial charge in [-0.15, -0.1) is 0 Å². The van der Waals surface area contributed by atoms with Gasteiger partial charge < -0.3 is 9.47 Å². The number of rotatable bonds is 5. The molecule has 1 fully saturated rings. The molecule has 5 rings (SSSR count). The molecule has 1 amide bonds. The maximum atomic E-state index is 13.2. The Morgan fingerprint density at radius 3 is 2.55 bits per heavy atom. The van der Waals surface area contributed by atoms with Crippen LogP contribution in [0.5, 0.6) is 0 Å². The van der Waals surface area contributed by atoms with Gasteiger partial charge in [-0.25, -0.2) is 4.98 Å². The van der Waals surface area contributed by atoms with Crippen LogP contribution in [0.2, 0.25) is 0 Å². The summed E-state index contributed by atoms with van der Waals surface area (Å²) in [6.07, 6.45) is 5.46. The molecule has 0 atom stereocenters. The lowest BCUT2D eigenvalue weighted by molar-refractivity contribution is 0.0622. The van der Waals surface area contributed by atoms with Gasteiger partial charge in [0, 0.05) is 57.0 Å². The molecule has 1 aliphatic rings. The van der Waals surface area contributed by atoms with Crippen molar-refractivity contribution in [2.75, 3.05) is 26.2 Å². The van der Waals surface area contributed by atoms with Crippen LogP contribution in [0.25, 0.3) is 10.8 Å². The second kappa shape index (κ2) is 9.23. The number of pyridine rings is 1. The highest BCUT2D eigenvalue weighted by molar-refractivity contribution is 6.05. The zero-order chi connectivity index (χ0) is 22.6. The largest absolute Gasteiger partial charge is 0.335 e. The molecular formula is C26H24N6O. The number of benzene rings is 2. The predicted octanol–water partition coefficient (Wildman–Crippen LogP) is 3.31. The van der Waals surface area contributed by atoms with E-state index in [0.29, 0.717) is 30.9 Å². The van der Waals surface area contributed by atoms with Crippen LogP contribution in [-0.2, 0) is 13.1 Å². The average molecular weight is 437 g/mol. The fraction of sp³-hybridized carbons (Fsp3) is 0.231. The Morgan fingerprint density at radius 2 is 1.76 bits per heavy atom. The minimum atomic E-state index is -0.00249. The van der Waals surface area contributed by atoms with E-state index >= 15 is 0 Å². The number of piperazine rings is 1. The third-order valence-corrected chi connectivity index (χ3v) is 6.16. The van der Waals surface area contributed by atoms with E-state index in [1.54, 1.807) is 6.20 Å². The molecule has 2 aromatic heterocycles. The Labute approximate surface area is 192 Å². The number of hydrogen-bond acceptors (Lipinski definition) is 5. The van der Waals surface area contributed by atoms with Gasteiger partial charge in [-0.1, -0.05) is 36.4 Å². The Morgan fingerprint density at radius 1 is 0.970 bits per heavy atom. The molecule has 0 bridgehead atoms. The van der Waals surface area contributed by atoms with Crippen LogP contribution in [-0.4, -0.2) is 56.4 Å². The molecule has 4 aromatic rings. The van der Waals surface area contributed by atoms with E-state index in [4.69, 9.17) is 5.26 Å². The monoisotopic (exact) mass is 436 g/mol. The second-order valence-electron chi connectivity index (χ2n) is 8.27. The van der Waals surface area contributed by atoms with Crippen LogP contribution >= 0.6 is 0 Å². The highest BCUT2D eigenvalue weighted by Crippen LogP contribution is 2.19. The van der Waals surface area contributed by atoms with Crippen LogP contribution in [0.1, 0.15) is 27.3 Å². The highest BCUT2D eigenvalue weighted by Gasteiger charge is 2.24. The van der Waals surface area contributed by atoms with Gasteiger partial charge >= 0.3 is 0 Å². The summed E-state index contributed by atoms with van der Waals surface area (Å²) in [5.41, 5.74) is 3.46. The van der Waals surface area contributed by atoms with E-state index in [9.17, 15) is 4.79 Å². The van der Waals surface area contributed by atoms with Crippen molar-refractivity contribution in [1.29, 1.82) is 5.26 Å². The maximum absolute atomic E-state index is 13.2. The molecule has 0 radical (unpaired) electrons. The molecule has 33 heavy (non-hydrogen) atoms.